The molecule has 1 saturated heterocycles. The predicted molar refractivity (Wildman–Crippen MR) is 130 cm³/mol. The van der Waals surface area contributed by atoms with E-state index in [1.165, 1.54) is 44.4 Å². The monoisotopic (exact) mass is 524 g/mol. The maximum Gasteiger partial charge on any atom is 0.338 e. The molecule has 0 aliphatic carbocycles. The van der Waals surface area contributed by atoms with Crippen molar-refractivity contribution < 1.29 is 27.7 Å². The van der Waals surface area contributed by atoms with Crippen LogP contribution in [-0.2, 0) is 19.6 Å². The second-order valence-corrected chi connectivity index (χ2v) is 10.6. The lowest BCUT2D eigenvalue weighted by Gasteiger charge is -2.28. The first-order valence-electron chi connectivity index (χ1n) is 10.7. The van der Waals surface area contributed by atoms with Crippen molar-refractivity contribution in [3.8, 4) is 0 Å². The van der Waals surface area contributed by atoms with Gasteiger partial charge >= 0.3 is 5.97 Å². The molecular weight excluding hydrogens is 500 g/mol. The summed E-state index contributed by atoms with van der Waals surface area (Å²) in [5.74, 6) is -1.63. The summed E-state index contributed by atoms with van der Waals surface area (Å²) in [4.78, 5) is 37.5. The summed E-state index contributed by atoms with van der Waals surface area (Å²) < 4.78 is 30.7. The lowest BCUT2D eigenvalue weighted by atomic mass is 10.1. The zero-order valence-corrected chi connectivity index (χ0v) is 20.8. The van der Waals surface area contributed by atoms with Gasteiger partial charge in [-0.1, -0.05) is 11.6 Å². The molecule has 0 saturated carbocycles. The highest BCUT2D eigenvalue weighted by molar-refractivity contribution is 7.89. The van der Waals surface area contributed by atoms with Crippen LogP contribution in [0.4, 0.5) is 17.1 Å². The quantitative estimate of drug-likeness (QED) is 0.315. The summed E-state index contributed by atoms with van der Waals surface area (Å²) in [5.41, 5.74) is 0.310. The maximum atomic E-state index is 12.4. The Bertz CT molecular complexity index is 1240. The van der Waals surface area contributed by atoms with Crippen LogP contribution in [0, 0.1) is 10.1 Å². The Morgan fingerprint density at radius 2 is 1.83 bits per heavy atom. The first-order chi connectivity index (χ1) is 16.5. The molecule has 1 aliphatic heterocycles. The number of sulfonamides is 1. The van der Waals surface area contributed by atoms with Gasteiger partial charge in [0.1, 0.15) is 10.6 Å². The minimum absolute atomic E-state index is 0.0160. The van der Waals surface area contributed by atoms with Gasteiger partial charge in [0.05, 0.1) is 15.5 Å². The Kier molecular flexibility index (Phi) is 8.30. The Morgan fingerprint density at radius 3 is 2.46 bits per heavy atom. The number of hydrogen-bond donors (Lipinski definition) is 1. The number of piperidine rings is 1. The Labute approximate surface area is 207 Å². The highest BCUT2D eigenvalue weighted by atomic mass is 35.5. The normalized spacial score (nSPS) is 14.0. The molecule has 0 spiro atoms. The summed E-state index contributed by atoms with van der Waals surface area (Å²) in [6, 6.07) is 8.00. The number of esters is 1. The number of amides is 1. The molecule has 1 amide bonds. The molecular formula is C22H25ClN4O7S. The number of nitrogens with zero attached hydrogens (tertiary/aromatic N) is 3. The number of carbonyl (C=O) groups excluding carboxylic acids is 2. The average molecular weight is 525 g/mol. The van der Waals surface area contributed by atoms with E-state index in [4.69, 9.17) is 16.3 Å². The van der Waals surface area contributed by atoms with Crippen molar-refractivity contribution in [2.75, 3.05) is 44.0 Å². The summed E-state index contributed by atoms with van der Waals surface area (Å²) in [5, 5.41) is 14.0. The van der Waals surface area contributed by atoms with E-state index in [2.05, 4.69) is 5.32 Å². The van der Waals surface area contributed by atoms with E-state index in [0.717, 1.165) is 29.6 Å². The summed E-state index contributed by atoms with van der Waals surface area (Å²) >= 11 is 5.99. The molecule has 13 heteroatoms. The van der Waals surface area contributed by atoms with Crippen LogP contribution in [0.25, 0.3) is 0 Å². The van der Waals surface area contributed by atoms with Crippen molar-refractivity contribution in [1.29, 1.82) is 0 Å². The predicted octanol–water partition coefficient (Wildman–Crippen LogP) is 3.28. The number of benzene rings is 2. The number of anilines is 2. The molecule has 0 bridgehead atoms. The zero-order chi connectivity index (χ0) is 25.8. The molecule has 0 radical (unpaired) electrons. The van der Waals surface area contributed by atoms with Crippen LogP contribution in [0.15, 0.2) is 41.3 Å². The van der Waals surface area contributed by atoms with Crippen molar-refractivity contribution in [2.24, 2.45) is 0 Å². The first-order valence-corrected chi connectivity index (χ1v) is 12.5. The van der Waals surface area contributed by atoms with Gasteiger partial charge in [-0.05, 0) is 49.6 Å². The van der Waals surface area contributed by atoms with E-state index in [1.807, 2.05) is 4.90 Å². The maximum absolute atomic E-state index is 12.4. The van der Waals surface area contributed by atoms with Gasteiger partial charge in [-0.3, -0.25) is 14.9 Å². The lowest BCUT2D eigenvalue weighted by Crippen LogP contribution is -2.30. The van der Waals surface area contributed by atoms with Gasteiger partial charge in [0.25, 0.3) is 11.6 Å². The van der Waals surface area contributed by atoms with E-state index in [0.29, 0.717) is 18.8 Å². The third-order valence-electron chi connectivity index (χ3n) is 5.41. The van der Waals surface area contributed by atoms with Crippen molar-refractivity contribution >= 4 is 50.6 Å². The fraction of sp³-hybridized carbons (Fsp3) is 0.364. The largest absolute Gasteiger partial charge is 0.452 e. The molecule has 3 rings (SSSR count). The molecule has 0 aromatic heterocycles. The minimum Gasteiger partial charge on any atom is -0.452 e. The highest BCUT2D eigenvalue weighted by Crippen LogP contribution is 2.31. The van der Waals surface area contributed by atoms with E-state index < -0.39 is 33.4 Å². The third-order valence-corrected chi connectivity index (χ3v) is 7.71. The van der Waals surface area contributed by atoms with Gasteiger partial charge in [-0.25, -0.2) is 17.5 Å². The second-order valence-electron chi connectivity index (χ2n) is 8.07. The summed E-state index contributed by atoms with van der Waals surface area (Å²) in [6.45, 7) is 0.721. The molecule has 1 fully saturated rings. The molecule has 1 aliphatic rings. The van der Waals surface area contributed by atoms with Gasteiger partial charge in [0.2, 0.25) is 10.0 Å². The van der Waals surface area contributed by atoms with E-state index >= 15 is 0 Å². The number of hydrogen-bond acceptors (Lipinski definition) is 8. The van der Waals surface area contributed by atoms with E-state index in [9.17, 15) is 28.1 Å². The topological polar surface area (TPSA) is 139 Å². The number of rotatable bonds is 8. The zero-order valence-electron chi connectivity index (χ0n) is 19.2. The Balaban J connectivity index is 1.67. The van der Waals surface area contributed by atoms with Crippen LogP contribution in [0.3, 0.4) is 0 Å². The molecule has 35 heavy (non-hydrogen) atoms. The molecule has 2 aromatic carbocycles. The first kappa shape index (κ1) is 26.4. The average Bonchev–Trinajstić information content (AvgIpc) is 2.83. The second kappa shape index (κ2) is 11.0. The minimum atomic E-state index is -3.84. The molecule has 188 valence electrons. The standard InChI is InChI=1S/C22H25ClN4O7S/c1-25(2)35(32,33)20-13-16(7-8-17(20)23)24-21(28)14-34-22(29)15-6-9-18(19(12-15)27(30)31)26-10-4-3-5-11-26/h6-9,12-13H,3-5,10-11,14H2,1-2H3,(H,24,28). The number of carbonyl (C=O) groups is 2. The van der Waals surface area contributed by atoms with Gasteiger partial charge < -0.3 is 15.0 Å². The molecule has 0 atom stereocenters. The highest BCUT2D eigenvalue weighted by Gasteiger charge is 2.24. The van der Waals surface area contributed by atoms with Crippen molar-refractivity contribution in [1.82, 2.24) is 4.31 Å². The number of ether oxygens (including phenoxy) is 1. The van der Waals surface area contributed by atoms with Gasteiger partial charge in [-0.15, -0.1) is 0 Å². The Hall–Kier alpha value is -3.22. The molecule has 11 nitrogen and oxygen atoms in total. The van der Waals surface area contributed by atoms with E-state index in [1.54, 1.807) is 0 Å². The smallest absolute Gasteiger partial charge is 0.338 e. The lowest BCUT2D eigenvalue weighted by molar-refractivity contribution is -0.384. The summed E-state index contributed by atoms with van der Waals surface area (Å²) in [6.07, 6.45) is 2.94. The third kappa shape index (κ3) is 6.27. The van der Waals surface area contributed by atoms with Gasteiger partial charge in [0.15, 0.2) is 6.61 Å². The fourth-order valence-electron chi connectivity index (χ4n) is 3.59. The van der Waals surface area contributed by atoms with Gasteiger partial charge in [-0.2, -0.15) is 0 Å². The number of halogens is 1. The number of nitro groups is 1. The van der Waals surface area contributed by atoms with Crippen LogP contribution >= 0.6 is 11.6 Å². The van der Waals surface area contributed by atoms with Crippen LogP contribution in [-0.4, -0.2) is 63.3 Å². The Morgan fingerprint density at radius 1 is 1.14 bits per heavy atom. The number of nitrogens with one attached hydrogen (secondary N) is 1. The van der Waals surface area contributed by atoms with Crippen LogP contribution in [0.2, 0.25) is 5.02 Å². The summed E-state index contributed by atoms with van der Waals surface area (Å²) in [7, 11) is -1.15. The van der Waals surface area contributed by atoms with Crippen LogP contribution in [0.1, 0.15) is 29.6 Å². The molecule has 2 aromatic rings. The molecule has 0 unspecified atom stereocenters. The van der Waals surface area contributed by atoms with Crippen molar-refractivity contribution in [3.05, 3.63) is 57.1 Å². The van der Waals surface area contributed by atoms with Gasteiger partial charge in [0, 0.05) is 38.9 Å². The van der Waals surface area contributed by atoms with Crippen LogP contribution < -0.4 is 10.2 Å². The SMILES string of the molecule is CN(C)S(=O)(=O)c1cc(NC(=O)COC(=O)c2ccc(N3CCCCC3)c([N+](=O)[O-])c2)ccc1Cl. The van der Waals surface area contributed by atoms with Crippen molar-refractivity contribution in [2.45, 2.75) is 24.2 Å². The van der Waals surface area contributed by atoms with E-state index in [-0.39, 0.29) is 26.9 Å². The number of nitro benzene ring substituents is 1. The fourth-order valence-corrected chi connectivity index (χ4v) is 4.98. The van der Waals surface area contributed by atoms with Crippen LogP contribution in [0.5, 0.6) is 0 Å². The molecule has 1 N–H and O–H groups in total. The molecule has 1 heterocycles. The van der Waals surface area contributed by atoms with Crippen molar-refractivity contribution in [3.63, 3.8) is 0 Å².